The Balaban J connectivity index is 1.40. The lowest BCUT2D eigenvalue weighted by atomic mass is 10.1. The molecule has 3 aromatic rings. The van der Waals surface area contributed by atoms with Gasteiger partial charge in [-0.15, -0.1) is 0 Å². The molecule has 1 atom stereocenters. The molecule has 32 heavy (non-hydrogen) atoms. The number of aryl methyl sites for hydroxylation is 1. The molecule has 1 aliphatic carbocycles. The molecule has 2 aromatic heterocycles. The minimum absolute atomic E-state index is 0.114. The SMILES string of the molecule is CC(C)c1cc(CNC(=O)c2cc(C(=O)NC3CCc4cc(C#N)ccc43)ncn2)co1. The summed E-state index contributed by atoms with van der Waals surface area (Å²) in [6.45, 7) is 4.36. The molecular formula is C24H23N5O3. The van der Waals surface area contributed by atoms with E-state index in [0.29, 0.717) is 12.1 Å². The topological polar surface area (TPSA) is 121 Å². The number of hydrogen-bond acceptors (Lipinski definition) is 6. The highest BCUT2D eigenvalue weighted by Gasteiger charge is 2.25. The molecule has 1 unspecified atom stereocenters. The molecule has 0 saturated heterocycles. The molecule has 8 nitrogen and oxygen atoms in total. The van der Waals surface area contributed by atoms with E-state index < -0.39 is 5.91 Å². The van der Waals surface area contributed by atoms with Crippen LogP contribution >= 0.6 is 0 Å². The first-order chi connectivity index (χ1) is 15.4. The minimum atomic E-state index is -0.399. The zero-order valence-electron chi connectivity index (χ0n) is 17.9. The van der Waals surface area contributed by atoms with Crippen LogP contribution in [0.2, 0.25) is 0 Å². The summed E-state index contributed by atoms with van der Waals surface area (Å²) in [4.78, 5) is 33.3. The van der Waals surface area contributed by atoms with Crippen LogP contribution in [0, 0.1) is 11.3 Å². The number of carbonyl (C=O) groups excluding carboxylic acids is 2. The van der Waals surface area contributed by atoms with Crippen LogP contribution in [0.3, 0.4) is 0 Å². The van der Waals surface area contributed by atoms with E-state index >= 15 is 0 Å². The van der Waals surface area contributed by atoms with Gasteiger partial charge >= 0.3 is 0 Å². The van der Waals surface area contributed by atoms with Crippen molar-refractivity contribution >= 4 is 11.8 Å². The quantitative estimate of drug-likeness (QED) is 0.619. The molecule has 2 N–H and O–H groups in total. The molecule has 0 spiro atoms. The molecule has 0 radical (unpaired) electrons. The molecule has 162 valence electrons. The van der Waals surface area contributed by atoms with Crippen LogP contribution in [0.1, 0.15) is 81.2 Å². The van der Waals surface area contributed by atoms with E-state index in [1.807, 2.05) is 32.0 Å². The summed E-state index contributed by atoms with van der Waals surface area (Å²) in [5.74, 6) is 0.347. The number of nitriles is 1. The second-order valence-electron chi connectivity index (χ2n) is 8.07. The van der Waals surface area contributed by atoms with Crippen molar-refractivity contribution in [1.29, 1.82) is 5.26 Å². The molecule has 2 amide bonds. The van der Waals surface area contributed by atoms with Crippen molar-refractivity contribution in [2.45, 2.75) is 45.2 Å². The minimum Gasteiger partial charge on any atom is -0.469 e. The maximum Gasteiger partial charge on any atom is 0.270 e. The van der Waals surface area contributed by atoms with Gasteiger partial charge in [0.2, 0.25) is 0 Å². The van der Waals surface area contributed by atoms with E-state index in [1.165, 1.54) is 12.4 Å². The Morgan fingerprint density at radius 3 is 2.69 bits per heavy atom. The van der Waals surface area contributed by atoms with Crippen molar-refractivity contribution in [3.8, 4) is 6.07 Å². The number of benzene rings is 1. The van der Waals surface area contributed by atoms with Gasteiger partial charge in [-0.3, -0.25) is 9.59 Å². The van der Waals surface area contributed by atoms with Crippen LogP contribution in [0.15, 0.2) is 47.3 Å². The molecule has 0 fully saturated rings. The van der Waals surface area contributed by atoms with Crippen molar-refractivity contribution in [2.24, 2.45) is 0 Å². The van der Waals surface area contributed by atoms with Gasteiger partial charge in [-0.25, -0.2) is 9.97 Å². The van der Waals surface area contributed by atoms with E-state index in [1.54, 1.807) is 12.3 Å². The fraction of sp³-hybridized carbons (Fsp3) is 0.292. The van der Waals surface area contributed by atoms with Gasteiger partial charge in [0.05, 0.1) is 23.9 Å². The Morgan fingerprint density at radius 2 is 1.97 bits per heavy atom. The number of amides is 2. The van der Waals surface area contributed by atoms with E-state index in [2.05, 4.69) is 26.7 Å². The first kappa shape index (κ1) is 21.2. The second kappa shape index (κ2) is 9.02. The zero-order chi connectivity index (χ0) is 22.7. The Hall–Kier alpha value is -3.99. The molecule has 8 heteroatoms. The number of nitrogens with one attached hydrogen (secondary N) is 2. The smallest absolute Gasteiger partial charge is 0.270 e. The van der Waals surface area contributed by atoms with Crippen LogP contribution in [0.5, 0.6) is 0 Å². The van der Waals surface area contributed by atoms with Gasteiger partial charge in [-0.05, 0) is 42.2 Å². The lowest BCUT2D eigenvalue weighted by Crippen LogP contribution is -2.29. The summed E-state index contributed by atoms with van der Waals surface area (Å²) in [6, 6.07) is 10.8. The highest BCUT2D eigenvalue weighted by atomic mass is 16.3. The summed E-state index contributed by atoms with van der Waals surface area (Å²) in [7, 11) is 0. The monoisotopic (exact) mass is 429 g/mol. The van der Waals surface area contributed by atoms with Crippen molar-refractivity contribution in [1.82, 2.24) is 20.6 Å². The molecule has 4 rings (SSSR count). The number of rotatable bonds is 6. The summed E-state index contributed by atoms with van der Waals surface area (Å²) in [6.07, 6.45) is 4.37. The fourth-order valence-corrected chi connectivity index (χ4v) is 3.74. The lowest BCUT2D eigenvalue weighted by Gasteiger charge is -2.14. The van der Waals surface area contributed by atoms with Gasteiger partial charge in [0.25, 0.3) is 11.8 Å². The van der Waals surface area contributed by atoms with Crippen LogP contribution in [0.4, 0.5) is 0 Å². The number of nitrogens with zero attached hydrogens (tertiary/aromatic N) is 3. The van der Waals surface area contributed by atoms with E-state index in [-0.39, 0.29) is 29.3 Å². The van der Waals surface area contributed by atoms with Gasteiger partial charge in [0.1, 0.15) is 23.5 Å². The van der Waals surface area contributed by atoms with Crippen molar-refractivity contribution in [3.05, 3.63) is 82.3 Å². The van der Waals surface area contributed by atoms with Crippen LogP contribution in [-0.2, 0) is 13.0 Å². The molecule has 1 aromatic carbocycles. The zero-order valence-corrected chi connectivity index (χ0v) is 17.9. The molecule has 1 aliphatic rings. The molecule has 0 aliphatic heterocycles. The van der Waals surface area contributed by atoms with E-state index in [0.717, 1.165) is 35.3 Å². The Labute approximate surface area is 185 Å². The Kier molecular flexibility index (Phi) is 5.99. The molecular weight excluding hydrogens is 406 g/mol. The third kappa shape index (κ3) is 4.52. The summed E-state index contributed by atoms with van der Waals surface area (Å²) in [5, 5.41) is 14.8. The normalized spacial score (nSPS) is 14.6. The first-order valence-corrected chi connectivity index (χ1v) is 10.5. The number of carbonyl (C=O) groups is 2. The number of aromatic nitrogens is 2. The van der Waals surface area contributed by atoms with Crippen LogP contribution < -0.4 is 10.6 Å². The van der Waals surface area contributed by atoms with Gasteiger partial charge < -0.3 is 15.1 Å². The van der Waals surface area contributed by atoms with Crippen LogP contribution in [0.25, 0.3) is 0 Å². The van der Waals surface area contributed by atoms with Crippen molar-refractivity contribution < 1.29 is 14.0 Å². The average Bonchev–Trinajstić information content (AvgIpc) is 3.44. The predicted octanol–water partition coefficient (Wildman–Crippen LogP) is 3.41. The molecule has 0 bridgehead atoms. The number of furan rings is 1. The summed E-state index contributed by atoms with van der Waals surface area (Å²) >= 11 is 0. The molecule has 2 heterocycles. The summed E-state index contributed by atoms with van der Waals surface area (Å²) < 4.78 is 5.47. The predicted molar refractivity (Wildman–Crippen MR) is 116 cm³/mol. The Bertz CT molecular complexity index is 1210. The third-order valence-corrected chi connectivity index (χ3v) is 5.48. The van der Waals surface area contributed by atoms with Crippen molar-refractivity contribution in [3.63, 3.8) is 0 Å². The summed E-state index contributed by atoms with van der Waals surface area (Å²) in [5.41, 5.74) is 3.77. The highest BCUT2D eigenvalue weighted by molar-refractivity contribution is 5.97. The third-order valence-electron chi connectivity index (χ3n) is 5.48. The maximum absolute atomic E-state index is 12.8. The highest BCUT2D eigenvalue weighted by Crippen LogP contribution is 2.31. The lowest BCUT2D eigenvalue weighted by molar-refractivity contribution is 0.0931. The first-order valence-electron chi connectivity index (χ1n) is 10.5. The molecule has 0 saturated carbocycles. The second-order valence-corrected chi connectivity index (χ2v) is 8.07. The van der Waals surface area contributed by atoms with Gasteiger partial charge in [-0.2, -0.15) is 5.26 Å². The van der Waals surface area contributed by atoms with Crippen molar-refractivity contribution in [2.75, 3.05) is 0 Å². The van der Waals surface area contributed by atoms with E-state index in [4.69, 9.17) is 9.68 Å². The fourth-order valence-electron chi connectivity index (χ4n) is 3.74. The van der Waals surface area contributed by atoms with Crippen LogP contribution in [-0.4, -0.2) is 21.8 Å². The number of hydrogen-bond donors (Lipinski definition) is 2. The number of fused-ring (bicyclic) bond motifs is 1. The maximum atomic E-state index is 12.8. The van der Waals surface area contributed by atoms with Gasteiger partial charge in [-0.1, -0.05) is 19.9 Å². The van der Waals surface area contributed by atoms with Gasteiger partial charge in [0.15, 0.2) is 0 Å². The standard InChI is InChI=1S/C24H23N5O3/c1-14(2)22-8-16(12-32-22)11-26-23(30)20-9-21(28-13-27-20)24(31)29-19-6-4-17-7-15(10-25)3-5-18(17)19/h3,5,7-9,12-14,19H,4,6,11H2,1-2H3,(H,26,30)(H,29,31). The van der Waals surface area contributed by atoms with E-state index in [9.17, 15) is 9.59 Å². The van der Waals surface area contributed by atoms with Gasteiger partial charge in [0, 0.05) is 24.1 Å². The average molecular weight is 429 g/mol. The Morgan fingerprint density at radius 1 is 1.19 bits per heavy atom. The largest absolute Gasteiger partial charge is 0.469 e.